The third-order valence-electron chi connectivity index (χ3n) is 1.86. The lowest BCUT2D eigenvalue weighted by atomic mass is 9.98. The number of carbonyl (C=O) groups excluding carboxylic acids is 1. The van der Waals surface area contributed by atoms with Gasteiger partial charge in [0.25, 0.3) is 0 Å². The minimum absolute atomic E-state index is 0.173. The van der Waals surface area contributed by atoms with Crippen LogP contribution in [0.1, 0.15) is 34.1 Å². The van der Waals surface area contributed by atoms with Crippen molar-refractivity contribution >= 4 is 5.78 Å². The Bertz CT molecular complexity index is 132. The Labute approximate surface area is 75.7 Å². The van der Waals surface area contributed by atoms with Crippen LogP contribution in [0.15, 0.2) is 0 Å². The number of nitrogens with one attached hydrogen (secondary N) is 1. The van der Waals surface area contributed by atoms with Gasteiger partial charge in [-0.25, -0.2) is 0 Å². The summed E-state index contributed by atoms with van der Waals surface area (Å²) in [5, 5.41) is 3.18. The van der Waals surface area contributed by atoms with Gasteiger partial charge in [-0.15, -0.1) is 0 Å². The van der Waals surface area contributed by atoms with Crippen LogP contribution in [0.3, 0.4) is 0 Å². The van der Waals surface area contributed by atoms with Gasteiger partial charge >= 0.3 is 0 Å². The number of hydrogen-bond acceptors (Lipinski definition) is 2. The van der Waals surface area contributed by atoms with Gasteiger partial charge in [-0.2, -0.15) is 0 Å². The van der Waals surface area contributed by atoms with E-state index in [0.717, 1.165) is 13.1 Å². The molecule has 0 spiro atoms. The zero-order chi connectivity index (χ0) is 9.56. The molecule has 0 aliphatic rings. The van der Waals surface area contributed by atoms with Crippen molar-refractivity contribution in [1.29, 1.82) is 0 Å². The summed E-state index contributed by atoms with van der Waals surface area (Å²) in [6.07, 6.45) is 0.715. The summed E-state index contributed by atoms with van der Waals surface area (Å²) in [4.78, 5) is 11.4. The van der Waals surface area contributed by atoms with Crippen molar-refractivity contribution in [2.45, 2.75) is 34.1 Å². The third-order valence-corrected chi connectivity index (χ3v) is 1.86. The van der Waals surface area contributed by atoms with Gasteiger partial charge in [-0.1, -0.05) is 27.7 Å². The lowest BCUT2D eigenvalue weighted by Gasteiger charge is -2.11. The van der Waals surface area contributed by atoms with Crippen molar-refractivity contribution in [3.63, 3.8) is 0 Å². The van der Waals surface area contributed by atoms with E-state index in [-0.39, 0.29) is 5.92 Å². The molecule has 0 aromatic heterocycles. The molecule has 72 valence electrons. The average Bonchev–Trinajstić information content (AvgIpc) is 1.98. The standard InChI is InChI=1S/C10H21NO/c1-5-11-7-9(4)10(12)6-8(2)3/h8-9,11H,5-7H2,1-4H3. The van der Waals surface area contributed by atoms with E-state index < -0.39 is 0 Å². The average molecular weight is 171 g/mol. The Morgan fingerprint density at radius 1 is 1.33 bits per heavy atom. The third kappa shape index (κ3) is 5.30. The molecule has 2 nitrogen and oxygen atoms in total. The summed E-state index contributed by atoms with van der Waals surface area (Å²) in [7, 11) is 0. The van der Waals surface area contributed by atoms with Crippen LogP contribution in [0, 0.1) is 11.8 Å². The van der Waals surface area contributed by atoms with E-state index in [0.29, 0.717) is 18.1 Å². The van der Waals surface area contributed by atoms with Crippen LogP contribution in [0.2, 0.25) is 0 Å². The van der Waals surface area contributed by atoms with Gasteiger partial charge in [0.15, 0.2) is 0 Å². The van der Waals surface area contributed by atoms with E-state index in [4.69, 9.17) is 0 Å². The fraction of sp³-hybridized carbons (Fsp3) is 0.900. The zero-order valence-corrected chi connectivity index (χ0v) is 8.68. The van der Waals surface area contributed by atoms with E-state index in [2.05, 4.69) is 26.1 Å². The van der Waals surface area contributed by atoms with Crippen molar-refractivity contribution in [3.8, 4) is 0 Å². The largest absolute Gasteiger partial charge is 0.316 e. The molecule has 0 saturated carbocycles. The molecule has 0 aliphatic carbocycles. The van der Waals surface area contributed by atoms with Crippen LogP contribution in [0.5, 0.6) is 0 Å². The minimum atomic E-state index is 0.173. The van der Waals surface area contributed by atoms with Crippen LogP contribution >= 0.6 is 0 Å². The summed E-state index contributed by atoms with van der Waals surface area (Å²) in [6, 6.07) is 0. The molecule has 12 heavy (non-hydrogen) atoms. The molecular weight excluding hydrogens is 150 g/mol. The summed E-state index contributed by atoms with van der Waals surface area (Å²) in [5.74, 6) is 1.04. The zero-order valence-electron chi connectivity index (χ0n) is 8.68. The molecule has 0 rings (SSSR count). The van der Waals surface area contributed by atoms with E-state index >= 15 is 0 Å². The fourth-order valence-electron chi connectivity index (χ4n) is 1.08. The number of carbonyl (C=O) groups is 1. The number of rotatable bonds is 6. The molecular formula is C10H21NO. The molecule has 0 heterocycles. The smallest absolute Gasteiger partial charge is 0.137 e. The van der Waals surface area contributed by atoms with Crippen molar-refractivity contribution in [2.75, 3.05) is 13.1 Å². The Hall–Kier alpha value is -0.370. The fourth-order valence-corrected chi connectivity index (χ4v) is 1.08. The van der Waals surface area contributed by atoms with Gasteiger partial charge in [0.2, 0.25) is 0 Å². The summed E-state index contributed by atoms with van der Waals surface area (Å²) in [6.45, 7) is 9.98. The van der Waals surface area contributed by atoms with Gasteiger partial charge in [0, 0.05) is 18.9 Å². The molecule has 0 amide bonds. The first-order valence-corrected chi connectivity index (χ1v) is 4.81. The molecule has 0 fully saturated rings. The molecule has 2 heteroatoms. The van der Waals surface area contributed by atoms with Crippen molar-refractivity contribution in [1.82, 2.24) is 5.32 Å². The molecule has 0 saturated heterocycles. The Morgan fingerprint density at radius 2 is 1.92 bits per heavy atom. The molecule has 0 bridgehead atoms. The highest BCUT2D eigenvalue weighted by Gasteiger charge is 2.12. The summed E-state index contributed by atoms with van der Waals surface area (Å²) >= 11 is 0. The van der Waals surface area contributed by atoms with Gasteiger partial charge in [-0.05, 0) is 12.5 Å². The number of Topliss-reactive ketones (excluding diaryl/α,β-unsaturated/α-hetero) is 1. The van der Waals surface area contributed by atoms with Crippen LogP contribution < -0.4 is 5.32 Å². The molecule has 0 aromatic carbocycles. The number of hydrogen-bond donors (Lipinski definition) is 1. The topological polar surface area (TPSA) is 29.1 Å². The van der Waals surface area contributed by atoms with Gasteiger partial charge in [-0.3, -0.25) is 4.79 Å². The van der Waals surface area contributed by atoms with Crippen LogP contribution in [-0.2, 0) is 4.79 Å². The second-order valence-electron chi connectivity index (χ2n) is 3.77. The molecule has 1 N–H and O–H groups in total. The Morgan fingerprint density at radius 3 is 2.33 bits per heavy atom. The lowest BCUT2D eigenvalue weighted by Crippen LogP contribution is -2.26. The van der Waals surface area contributed by atoms with Crippen molar-refractivity contribution < 1.29 is 4.79 Å². The SMILES string of the molecule is CCNCC(C)C(=O)CC(C)C. The quantitative estimate of drug-likeness (QED) is 0.660. The summed E-state index contributed by atoms with van der Waals surface area (Å²) in [5.41, 5.74) is 0. The maximum atomic E-state index is 11.4. The van der Waals surface area contributed by atoms with Crippen molar-refractivity contribution in [2.24, 2.45) is 11.8 Å². The first-order valence-electron chi connectivity index (χ1n) is 4.81. The Kier molecular flexibility index (Phi) is 5.99. The van der Waals surface area contributed by atoms with Gasteiger partial charge in [0.05, 0.1) is 0 Å². The Balaban J connectivity index is 3.61. The van der Waals surface area contributed by atoms with Crippen LogP contribution in [-0.4, -0.2) is 18.9 Å². The summed E-state index contributed by atoms with van der Waals surface area (Å²) < 4.78 is 0. The molecule has 0 radical (unpaired) electrons. The molecule has 0 aliphatic heterocycles. The predicted octanol–water partition coefficient (Wildman–Crippen LogP) is 1.85. The highest BCUT2D eigenvalue weighted by atomic mass is 16.1. The minimum Gasteiger partial charge on any atom is -0.316 e. The predicted molar refractivity (Wildman–Crippen MR) is 52.2 cm³/mol. The van der Waals surface area contributed by atoms with E-state index in [1.54, 1.807) is 0 Å². The van der Waals surface area contributed by atoms with Crippen molar-refractivity contribution in [3.05, 3.63) is 0 Å². The van der Waals surface area contributed by atoms with Crippen LogP contribution in [0.4, 0.5) is 0 Å². The first kappa shape index (κ1) is 11.6. The maximum absolute atomic E-state index is 11.4. The lowest BCUT2D eigenvalue weighted by molar-refractivity contribution is -0.122. The second-order valence-corrected chi connectivity index (χ2v) is 3.77. The maximum Gasteiger partial charge on any atom is 0.137 e. The van der Waals surface area contributed by atoms with E-state index in [1.807, 2.05) is 6.92 Å². The highest BCUT2D eigenvalue weighted by Crippen LogP contribution is 2.06. The van der Waals surface area contributed by atoms with Gasteiger partial charge in [0.1, 0.15) is 5.78 Å². The molecule has 1 unspecified atom stereocenters. The van der Waals surface area contributed by atoms with Gasteiger partial charge < -0.3 is 5.32 Å². The normalized spacial score (nSPS) is 13.4. The number of ketones is 1. The molecule has 1 atom stereocenters. The van der Waals surface area contributed by atoms with E-state index in [1.165, 1.54) is 0 Å². The first-order chi connectivity index (χ1) is 5.57. The van der Waals surface area contributed by atoms with E-state index in [9.17, 15) is 4.79 Å². The van der Waals surface area contributed by atoms with Crippen LogP contribution in [0.25, 0.3) is 0 Å². The second kappa shape index (κ2) is 6.18. The highest BCUT2D eigenvalue weighted by molar-refractivity contribution is 5.81. The molecule has 0 aromatic rings. The monoisotopic (exact) mass is 171 g/mol.